The Labute approximate surface area is 179 Å². The lowest BCUT2D eigenvalue weighted by Crippen LogP contribution is -2.34. The Morgan fingerprint density at radius 3 is 2.31 bits per heavy atom. The first-order valence-electron chi connectivity index (χ1n) is 10.1. The zero-order valence-corrected chi connectivity index (χ0v) is 18.6. The third kappa shape index (κ3) is 5.18. The van der Waals surface area contributed by atoms with Crippen LogP contribution in [-0.4, -0.2) is 45.1 Å². The molecule has 0 spiro atoms. The second-order valence-corrected chi connectivity index (χ2v) is 9.44. The minimum absolute atomic E-state index is 0.342. The molecule has 0 radical (unpaired) electrons. The van der Waals surface area contributed by atoms with Gasteiger partial charge in [-0.05, 0) is 55.2 Å². The van der Waals surface area contributed by atoms with Crippen molar-refractivity contribution in [1.82, 2.24) is 4.31 Å². The van der Waals surface area contributed by atoms with E-state index in [1.54, 1.807) is 24.4 Å². The van der Waals surface area contributed by atoms with Crippen LogP contribution >= 0.6 is 11.6 Å². The number of nitrogens with zero attached hydrogens (tertiary/aromatic N) is 3. The Bertz CT molecular complexity index is 949. The fourth-order valence-corrected chi connectivity index (χ4v) is 5.40. The van der Waals surface area contributed by atoms with Crippen molar-refractivity contribution < 1.29 is 8.42 Å². The van der Waals surface area contributed by atoms with E-state index in [1.807, 2.05) is 38.1 Å². The number of benzene rings is 2. The normalized spacial score (nSPS) is 15.4. The van der Waals surface area contributed by atoms with Gasteiger partial charge in [0.2, 0.25) is 10.0 Å². The zero-order valence-electron chi connectivity index (χ0n) is 17.0. The summed E-state index contributed by atoms with van der Waals surface area (Å²) in [6, 6.07) is 12.8. The van der Waals surface area contributed by atoms with Crippen molar-refractivity contribution in [2.24, 2.45) is 4.99 Å². The maximum absolute atomic E-state index is 13.4. The summed E-state index contributed by atoms with van der Waals surface area (Å²) in [5.74, 6) is 0. The highest BCUT2D eigenvalue weighted by Gasteiger charge is 2.28. The SMILES string of the molecule is CCN(CC)S(=O)(=O)c1cc(N=Cc2ccc(Cl)cc2)ccc1N1CCCCC1. The van der Waals surface area contributed by atoms with Crippen molar-refractivity contribution in [3.8, 4) is 0 Å². The van der Waals surface area contributed by atoms with E-state index in [0.717, 1.165) is 37.2 Å². The molecule has 0 N–H and O–H groups in total. The van der Waals surface area contributed by atoms with Crippen molar-refractivity contribution in [3.05, 3.63) is 53.1 Å². The van der Waals surface area contributed by atoms with E-state index in [-0.39, 0.29) is 0 Å². The molecule has 2 aromatic carbocycles. The highest BCUT2D eigenvalue weighted by molar-refractivity contribution is 7.89. The molecule has 2 aromatic rings. The van der Waals surface area contributed by atoms with Crippen molar-refractivity contribution >= 4 is 39.2 Å². The zero-order chi connectivity index (χ0) is 20.9. The summed E-state index contributed by atoms with van der Waals surface area (Å²) >= 11 is 5.93. The largest absolute Gasteiger partial charge is 0.370 e. The third-order valence-electron chi connectivity index (χ3n) is 5.20. The summed E-state index contributed by atoms with van der Waals surface area (Å²) in [5.41, 5.74) is 2.30. The van der Waals surface area contributed by atoms with Crippen LogP contribution < -0.4 is 4.90 Å². The summed E-state index contributed by atoms with van der Waals surface area (Å²) < 4.78 is 28.2. The highest BCUT2D eigenvalue weighted by Crippen LogP contribution is 2.33. The standard InChI is InChI=1S/C22H28ClN3O2S/c1-3-26(4-2)29(27,28)22-16-20(24-17-18-8-10-19(23)11-9-18)12-13-21(22)25-14-6-5-7-15-25/h8-13,16-17H,3-7,14-15H2,1-2H3. The van der Waals surface area contributed by atoms with Gasteiger partial charge in [0.25, 0.3) is 0 Å². The van der Waals surface area contributed by atoms with Gasteiger partial charge in [-0.25, -0.2) is 8.42 Å². The Hall–Kier alpha value is -1.89. The van der Waals surface area contributed by atoms with E-state index >= 15 is 0 Å². The van der Waals surface area contributed by atoms with E-state index in [4.69, 9.17) is 11.6 Å². The lowest BCUT2D eigenvalue weighted by atomic mass is 10.1. The lowest BCUT2D eigenvalue weighted by Gasteiger charge is -2.31. The average Bonchev–Trinajstić information content (AvgIpc) is 2.74. The van der Waals surface area contributed by atoms with Gasteiger partial charge in [0.05, 0.1) is 11.4 Å². The molecular weight excluding hydrogens is 406 g/mol. The Balaban J connectivity index is 2.01. The number of anilines is 1. The molecule has 3 rings (SSSR count). The number of halogens is 1. The van der Waals surface area contributed by atoms with Crippen LogP contribution in [0.3, 0.4) is 0 Å². The van der Waals surface area contributed by atoms with Crippen molar-refractivity contribution in [2.45, 2.75) is 38.0 Å². The molecule has 1 saturated heterocycles. The predicted octanol–water partition coefficient (Wildman–Crippen LogP) is 5.11. The molecular formula is C22H28ClN3O2S. The molecule has 0 saturated carbocycles. The van der Waals surface area contributed by atoms with Gasteiger partial charge in [-0.15, -0.1) is 0 Å². The lowest BCUT2D eigenvalue weighted by molar-refractivity contribution is 0.445. The van der Waals surface area contributed by atoms with Crippen LogP contribution in [0.2, 0.25) is 5.02 Å². The molecule has 1 aliphatic heterocycles. The Morgan fingerprint density at radius 1 is 1.03 bits per heavy atom. The average molecular weight is 434 g/mol. The van der Waals surface area contributed by atoms with Gasteiger partial charge in [-0.2, -0.15) is 4.31 Å². The van der Waals surface area contributed by atoms with E-state index in [9.17, 15) is 8.42 Å². The van der Waals surface area contributed by atoms with Crippen molar-refractivity contribution in [1.29, 1.82) is 0 Å². The fourth-order valence-electron chi connectivity index (χ4n) is 3.59. The second-order valence-electron chi connectivity index (χ2n) is 7.10. The molecule has 0 aromatic heterocycles. The topological polar surface area (TPSA) is 53.0 Å². The van der Waals surface area contributed by atoms with Crippen molar-refractivity contribution in [3.63, 3.8) is 0 Å². The second kappa shape index (κ2) is 9.74. The molecule has 0 aliphatic carbocycles. The summed E-state index contributed by atoms with van der Waals surface area (Å²) in [7, 11) is -3.59. The summed E-state index contributed by atoms with van der Waals surface area (Å²) in [6.07, 6.45) is 5.08. The van der Waals surface area contributed by atoms with Gasteiger partial charge in [0, 0.05) is 37.4 Å². The van der Waals surface area contributed by atoms with Crippen LogP contribution in [0, 0.1) is 0 Å². The first-order chi connectivity index (χ1) is 14.0. The first-order valence-corrected chi connectivity index (χ1v) is 12.0. The number of sulfonamides is 1. The molecule has 0 bridgehead atoms. The summed E-state index contributed by atoms with van der Waals surface area (Å²) in [4.78, 5) is 7.04. The molecule has 5 nitrogen and oxygen atoms in total. The Morgan fingerprint density at radius 2 is 1.69 bits per heavy atom. The van der Waals surface area contributed by atoms with Gasteiger partial charge in [0.15, 0.2) is 0 Å². The maximum atomic E-state index is 13.4. The highest BCUT2D eigenvalue weighted by atomic mass is 35.5. The number of piperidine rings is 1. The summed E-state index contributed by atoms with van der Waals surface area (Å²) in [5, 5.41) is 0.667. The molecule has 0 atom stereocenters. The fraction of sp³-hybridized carbons (Fsp3) is 0.409. The van der Waals surface area contributed by atoms with Gasteiger partial charge in [-0.3, -0.25) is 4.99 Å². The van der Waals surface area contributed by atoms with Crippen LogP contribution in [0.25, 0.3) is 0 Å². The number of rotatable bonds is 7. The van der Waals surface area contributed by atoms with Gasteiger partial charge < -0.3 is 4.90 Å². The minimum Gasteiger partial charge on any atom is -0.370 e. The van der Waals surface area contributed by atoms with Gasteiger partial charge in [-0.1, -0.05) is 37.6 Å². The van der Waals surface area contributed by atoms with E-state index in [1.165, 1.54) is 10.7 Å². The van der Waals surface area contributed by atoms with Crippen LogP contribution in [0.5, 0.6) is 0 Å². The van der Waals surface area contributed by atoms with Crippen LogP contribution in [0.4, 0.5) is 11.4 Å². The quantitative estimate of drug-likeness (QED) is 0.570. The number of hydrogen-bond donors (Lipinski definition) is 0. The third-order valence-corrected chi connectivity index (χ3v) is 7.53. The molecule has 1 aliphatic rings. The van der Waals surface area contributed by atoms with Crippen LogP contribution in [-0.2, 0) is 10.0 Å². The van der Waals surface area contributed by atoms with Gasteiger partial charge >= 0.3 is 0 Å². The first kappa shape index (κ1) is 21.8. The Kier molecular flexibility index (Phi) is 7.33. The van der Waals surface area contributed by atoms with E-state index in [2.05, 4.69) is 9.89 Å². The molecule has 156 valence electrons. The molecule has 29 heavy (non-hydrogen) atoms. The monoisotopic (exact) mass is 433 g/mol. The smallest absolute Gasteiger partial charge is 0.245 e. The van der Waals surface area contributed by atoms with Gasteiger partial charge in [0.1, 0.15) is 4.90 Å². The molecule has 7 heteroatoms. The predicted molar refractivity (Wildman–Crippen MR) is 121 cm³/mol. The molecule has 1 heterocycles. The minimum atomic E-state index is -3.59. The van der Waals surface area contributed by atoms with E-state index < -0.39 is 10.0 Å². The molecule has 0 unspecified atom stereocenters. The molecule has 1 fully saturated rings. The van der Waals surface area contributed by atoms with Crippen LogP contribution in [0.15, 0.2) is 52.4 Å². The maximum Gasteiger partial charge on any atom is 0.245 e. The molecule has 0 amide bonds. The number of hydrogen-bond acceptors (Lipinski definition) is 4. The van der Waals surface area contributed by atoms with Crippen LogP contribution in [0.1, 0.15) is 38.7 Å². The number of aliphatic imine (C=N–C) groups is 1. The van der Waals surface area contributed by atoms with Crippen molar-refractivity contribution in [2.75, 3.05) is 31.1 Å². The van der Waals surface area contributed by atoms with E-state index in [0.29, 0.717) is 28.7 Å². The summed E-state index contributed by atoms with van der Waals surface area (Å²) in [6.45, 7) is 6.38.